The van der Waals surface area contributed by atoms with Gasteiger partial charge in [0.1, 0.15) is 0 Å². The third-order valence-corrected chi connectivity index (χ3v) is 4.44. The highest BCUT2D eigenvalue weighted by atomic mass is 127. The van der Waals surface area contributed by atoms with Crippen LogP contribution in [-0.2, 0) is 4.79 Å². The minimum atomic E-state index is -0.203. The van der Waals surface area contributed by atoms with Crippen molar-refractivity contribution in [3.8, 4) is 0 Å². The van der Waals surface area contributed by atoms with Crippen molar-refractivity contribution >= 4 is 47.6 Å². The van der Waals surface area contributed by atoms with Gasteiger partial charge >= 0.3 is 0 Å². The number of amides is 1. The van der Waals surface area contributed by atoms with Gasteiger partial charge in [0.25, 0.3) is 0 Å². The number of nitrogens with two attached hydrogens (primary N) is 1. The van der Waals surface area contributed by atoms with Crippen molar-refractivity contribution in [3.63, 3.8) is 0 Å². The molecule has 0 aromatic heterocycles. The smallest absolute Gasteiger partial charge is 0.217 e. The zero-order valence-electron chi connectivity index (χ0n) is 12.6. The molecule has 1 heterocycles. The van der Waals surface area contributed by atoms with Gasteiger partial charge in [-0.05, 0) is 25.0 Å². The lowest BCUT2D eigenvalue weighted by atomic mass is 9.95. The van der Waals surface area contributed by atoms with E-state index < -0.39 is 0 Å². The molecule has 2 atom stereocenters. The number of hydrogen-bond donors (Lipinski definition) is 2. The predicted molar refractivity (Wildman–Crippen MR) is 97.9 cm³/mol. The molecule has 7 heteroatoms. The summed E-state index contributed by atoms with van der Waals surface area (Å²) in [7, 11) is 1.81. The fourth-order valence-corrected chi connectivity index (χ4v) is 2.61. The maximum atomic E-state index is 11.0. The van der Waals surface area contributed by atoms with Gasteiger partial charge in [-0.1, -0.05) is 6.92 Å². The van der Waals surface area contributed by atoms with Crippen molar-refractivity contribution in [2.45, 2.75) is 31.4 Å². The summed E-state index contributed by atoms with van der Waals surface area (Å²) in [6, 6.07) is 0. The van der Waals surface area contributed by atoms with Crippen molar-refractivity contribution in [2.75, 3.05) is 32.9 Å². The van der Waals surface area contributed by atoms with Crippen LogP contribution >= 0.6 is 35.7 Å². The number of hydrogen-bond acceptors (Lipinski definition) is 3. The summed E-state index contributed by atoms with van der Waals surface area (Å²) in [5.74, 6) is 1.10. The van der Waals surface area contributed by atoms with Crippen molar-refractivity contribution in [1.82, 2.24) is 10.2 Å². The Hall–Kier alpha value is -0.180. The predicted octanol–water partition coefficient (Wildman–Crippen LogP) is 1.52. The second kappa shape index (κ2) is 10.5. The minimum absolute atomic E-state index is 0. The number of nitrogens with one attached hydrogen (secondary N) is 1. The van der Waals surface area contributed by atoms with Crippen LogP contribution in [0, 0.1) is 5.92 Å². The van der Waals surface area contributed by atoms with E-state index in [0.717, 1.165) is 38.4 Å². The molecule has 1 aliphatic heterocycles. The quantitative estimate of drug-likeness (QED) is 0.407. The zero-order valence-corrected chi connectivity index (χ0v) is 15.7. The lowest BCUT2D eigenvalue weighted by molar-refractivity contribution is -0.119. The van der Waals surface area contributed by atoms with E-state index in [2.05, 4.69) is 28.4 Å². The summed E-state index contributed by atoms with van der Waals surface area (Å²) < 4.78 is 0. The summed E-state index contributed by atoms with van der Waals surface area (Å²) in [5, 5.41) is 3.96. The van der Waals surface area contributed by atoms with Crippen LogP contribution in [0.4, 0.5) is 0 Å². The van der Waals surface area contributed by atoms with Crippen LogP contribution in [-0.4, -0.2) is 55.0 Å². The number of aliphatic imine (C=N–C) groups is 1. The maximum absolute atomic E-state index is 11.0. The van der Waals surface area contributed by atoms with E-state index in [1.165, 1.54) is 0 Å². The van der Waals surface area contributed by atoms with Crippen LogP contribution in [0.2, 0.25) is 0 Å². The maximum Gasteiger partial charge on any atom is 0.217 e. The molecule has 5 nitrogen and oxygen atoms in total. The Bertz CT molecular complexity index is 327. The molecule has 2 unspecified atom stereocenters. The van der Waals surface area contributed by atoms with Crippen LogP contribution in [0.25, 0.3) is 0 Å². The van der Waals surface area contributed by atoms with E-state index in [1.807, 2.05) is 18.8 Å². The van der Waals surface area contributed by atoms with E-state index in [0.29, 0.717) is 17.6 Å². The molecule has 1 fully saturated rings. The first-order valence-corrected chi connectivity index (χ1v) is 8.12. The summed E-state index contributed by atoms with van der Waals surface area (Å²) >= 11 is 1.84. The molecule has 0 bridgehead atoms. The fraction of sp³-hybridized carbons (Fsp3) is 0.846. The third kappa shape index (κ3) is 7.01. The molecule has 20 heavy (non-hydrogen) atoms. The highest BCUT2D eigenvalue weighted by Gasteiger charge is 2.23. The molecule has 0 saturated carbocycles. The van der Waals surface area contributed by atoms with Crippen LogP contribution < -0.4 is 11.1 Å². The Kier molecular flexibility index (Phi) is 10.4. The number of thioether (sulfide) groups is 1. The molecular formula is C13H27IN4OS. The van der Waals surface area contributed by atoms with Gasteiger partial charge in [0.2, 0.25) is 5.91 Å². The Morgan fingerprint density at radius 3 is 2.85 bits per heavy atom. The van der Waals surface area contributed by atoms with Crippen molar-refractivity contribution in [2.24, 2.45) is 16.6 Å². The van der Waals surface area contributed by atoms with Gasteiger partial charge < -0.3 is 16.0 Å². The minimum Gasteiger partial charge on any atom is -0.370 e. The summed E-state index contributed by atoms with van der Waals surface area (Å²) in [6.07, 6.45) is 4.77. The second-order valence-electron chi connectivity index (χ2n) is 5.10. The Morgan fingerprint density at radius 1 is 1.60 bits per heavy atom. The van der Waals surface area contributed by atoms with E-state index >= 15 is 0 Å². The fourth-order valence-electron chi connectivity index (χ4n) is 2.36. The number of rotatable bonds is 5. The monoisotopic (exact) mass is 414 g/mol. The number of guanidine groups is 1. The van der Waals surface area contributed by atoms with Crippen LogP contribution in [0.1, 0.15) is 26.2 Å². The number of halogens is 1. The molecule has 0 aliphatic carbocycles. The molecule has 1 rings (SSSR count). The summed E-state index contributed by atoms with van der Waals surface area (Å²) in [4.78, 5) is 17.6. The molecule has 3 N–H and O–H groups in total. The number of primary amides is 1. The first-order valence-electron chi connectivity index (χ1n) is 6.83. The first-order chi connectivity index (χ1) is 9.06. The Balaban J connectivity index is 0.00000361. The Labute approximate surface area is 143 Å². The van der Waals surface area contributed by atoms with Gasteiger partial charge in [-0.15, -0.1) is 24.0 Å². The average Bonchev–Trinajstić information content (AvgIpc) is 2.38. The number of piperidine rings is 1. The molecule has 1 saturated heterocycles. The molecule has 1 amide bonds. The molecular weight excluding hydrogens is 387 g/mol. The van der Waals surface area contributed by atoms with Crippen molar-refractivity contribution < 1.29 is 4.79 Å². The van der Waals surface area contributed by atoms with Crippen molar-refractivity contribution in [1.29, 1.82) is 0 Å². The van der Waals surface area contributed by atoms with Gasteiger partial charge in [-0.3, -0.25) is 9.79 Å². The molecule has 0 aromatic carbocycles. The normalized spacial score (nSPS) is 21.1. The average molecular weight is 414 g/mol. The SMILES string of the molecule is CN=C(NCC(C)SC)N1CCCC(CC(N)=O)C1.I. The summed E-state index contributed by atoms with van der Waals surface area (Å²) in [5.41, 5.74) is 5.29. The third-order valence-electron chi connectivity index (χ3n) is 3.47. The number of likely N-dealkylation sites (tertiary alicyclic amines) is 1. The van der Waals surface area contributed by atoms with Crippen LogP contribution in [0.5, 0.6) is 0 Å². The molecule has 0 spiro atoms. The largest absolute Gasteiger partial charge is 0.370 e. The van der Waals surface area contributed by atoms with Gasteiger partial charge in [0.05, 0.1) is 0 Å². The highest BCUT2D eigenvalue weighted by Crippen LogP contribution is 2.19. The standard InChI is InChI=1S/C13H26N4OS.HI/c1-10(19-3)8-16-13(15-2)17-6-4-5-11(9-17)7-12(14)18;/h10-11H,4-9H2,1-3H3,(H2,14,18)(H,15,16);1H. The van der Waals surface area contributed by atoms with Gasteiger partial charge in [-0.25, -0.2) is 0 Å². The lowest BCUT2D eigenvalue weighted by Gasteiger charge is -2.35. The second-order valence-corrected chi connectivity index (χ2v) is 6.38. The topological polar surface area (TPSA) is 70.7 Å². The van der Waals surface area contributed by atoms with E-state index in [4.69, 9.17) is 5.73 Å². The number of carbonyl (C=O) groups is 1. The molecule has 118 valence electrons. The van der Waals surface area contributed by atoms with Crippen LogP contribution in [0.3, 0.4) is 0 Å². The summed E-state index contributed by atoms with van der Waals surface area (Å²) in [6.45, 7) is 4.97. The van der Waals surface area contributed by atoms with Crippen LogP contribution in [0.15, 0.2) is 4.99 Å². The lowest BCUT2D eigenvalue weighted by Crippen LogP contribution is -2.48. The van der Waals surface area contributed by atoms with E-state index in [-0.39, 0.29) is 29.9 Å². The highest BCUT2D eigenvalue weighted by molar-refractivity contribution is 14.0. The molecule has 0 radical (unpaired) electrons. The van der Waals surface area contributed by atoms with Gasteiger partial charge in [0, 0.05) is 38.4 Å². The van der Waals surface area contributed by atoms with Gasteiger partial charge in [-0.2, -0.15) is 11.8 Å². The molecule has 1 aliphatic rings. The number of nitrogens with zero attached hydrogens (tertiary/aromatic N) is 2. The first kappa shape index (κ1) is 19.8. The molecule has 0 aromatic rings. The zero-order chi connectivity index (χ0) is 14.3. The van der Waals surface area contributed by atoms with Crippen molar-refractivity contribution in [3.05, 3.63) is 0 Å². The van der Waals surface area contributed by atoms with Gasteiger partial charge in [0.15, 0.2) is 5.96 Å². The van der Waals surface area contributed by atoms with E-state index in [9.17, 15) is 4.79 Å². The Morgan fingerprint density at radius 2 is 2.30 bits per heavy atom. The van der Waals surface area contributed by atoms with E-state index in [1.54, 1.807) is 0 Å². The number of carbonyl (C=O) groups excluding carboxylic acids is 1.